The maximum Gasteiger partial charge on any atom is 0.234 e. The number of amides is 1. The Hall–Kier alpha value is -1.40. The van der Waals surface area contributed by atoms with Crippen LogP contribution < -0.4 is 10.6 Å². The van der Waals surface area contributed by atoms with Crippen molar-refractivity contribution in [2.75, 3.05) is 33.4 Å². The summed E-state index contributed by atoms with van der Waals surface area (Å²) in [6, 6.07) is 1.86. The molecular weight excluding hydrogens is 208 g/mol. The Balaban J connectivity index is 1.98. The van der Waals surface area contributed by atoms with Gasteiger partial charge in [-0.3, -0.25) is 9.48 Å². The average molecular weight is 226 g/mol. The summed E-state index contributed by atoms with van der Waals surface area (Å²) in [7, 11) is 1.63. The monoisotopic (exact) mass is 226 g/mol. The maximum absolute atomic E-state index is 11.3. The molecule has 6 heteroatoms. The first-order valence-electron chi connectivity index (χ1n) is 5.26. The lowest BCUT2D eigenvalue weighted by molar-refractivity contribution is -0.120. The van der Waals surface area contributed by atoms with Crippen LogP contribution in [-0.4, -0.2) is 49.0 Å². The Morgan fingerprint density at radius 2 is 2.38 bits per heavy atom. The third-order valence-electron chi connectivity index (χ3n) is 1.99. The van der Waals surface area contributed by atoms with Gasteiger partial charge in [0.15, 0.2) is 0 Å². The van der Waals surface area contributed by atoms with Gasteiger partial charge < -0.3 is 15.4 Å². The van der Waals surface area contributed by atoms with E-state index in [9.17, 15) is 4.79 Å². The number of methoxy groups -OCH3 is 1. The van der Waals surface area contributed by atoms with E-state index in [1.165, 1.54) is 0 Å². The van der Waals surface area contributed by atoms with Gasteiger partial charge in [-0.15, -0.1) is 0 Å². The summed E-state index contributed by atoms with van der Waals surface area (Å²) < 4.78 is 6.62. The molecule has 0 atom stereocenters. The van der Waals surface area contributed by atoms with Gasteiger partial charge in [-0.1, -0.05) is 0 Å². The van der Waals surface area contributed by atoms with Gasteiger partial charge in [0.2, 0.25) is 5.91 Å². The zero-order chi connectivity index (χ0) is 11.6. The SMILES string of the molecule is COCCNCC(=O)NCCn1cccn1. The molecular formula is C10H18N4O2. The Labute approximate surface area is 95.0 Å². The van der Waals surface area contributed by atoms with Crippen LogP contribution in [0, 0.1) is 0 Å². The first-order valence-corrected chi connectivity index (χ1v) is 5.26. The van der Waals surface area contributed by atoms with E-state index >= 15 is 0 Å². The quantitative estimate of drug-likeness (QED) is 0.571. The number of rotatable bonds is 8. The summed E-state index contributed by atoms with van der Waals surface area (Å²) in [4.78, 5) is 11.3. The number of hydrogen-bond acceptors (Lipinski definition) is 4. The van der Waals surface area contributed by atoms with E-state index in [0.717, 1.165) is 0 Å². The fourth-order valence-electron chi connectivity index (χ4n) is 1.18. The molecule has 0 spiro atoms. The summed E-state index contributed by atoms with van der Waals surface area (Å²) in [6.45, 7) is 2.90. The molecule has 0 saturated carbocycles. The van der Waals surface area contributed by atoms with Gasteiger partial charge in [0, 0.05) is 32.6 Å². The highest BCUT2D eigenvalue weighted by atomic mass is 16.5. The molecule has 0 radical (unpaired) electrons. The van der Waals surface area contributed by atoms with Gasteiger partial charge in [0.05, 0.1) is 19.7 Å². The van der Waals surface area contributed by atoms with Gasteiger partial charge in [-0.25, -0.2) is 0 Å². The largest absolute Gasteiger partial charge is 0.383 e. The molecule has 1 aromatic rings. The third-order valence-corrected chi connectivity index (χ3v) is 1.99. The Bertz CT molecular complexity index is 287. The van der Waals surface area contributed by atoms with Crippen LogP contribution in [0.5, 0.6) is 0 Å². The van der Waals surface area contributed by atoms with E-state index < -0.39 is 0 Å². The molecule has 1 aromatic heterocycles. The van der Waals surface area contributed by atoms with Gasteiger partial charge >= 0.3 is 0 Å². The minimum absolute atomic E-state index is 0.0109. The molecule has 1 amide bonds. The zero-order valence-corrected chi connectivity index (χ0v) is 9.48. The van der Waals surface area contributed by atoms with E-state index in [0.29, 0.717) is 32.8 Å². The van der Waals surface area contributed by atoms with E-state index in [-0.39, 0.29) is 5.91 Å². The van der Waals surface area contributed by atoms with Gasteiger partial charge in [-0.05, 0) is 6.07 Å². The normalized spacial score (nSPS) is 10.3. The molecule has 0 saturated heterocycles. The zero-order valence-electron chi connectivity index (χ0n) is 9.48. The maximum atomic E-state index is 11.3. The average Bonchev–Trinajstić information content (AvgIpc) is 2.77. The Morgan fingerprint density at radius 1 is 1.50 bits per heavy atom. The molecule has 0 aliphatic carbocycles. The number of nitrogens with zero attached hydrogens (tertiary/aromatic N) is 2. The highest BCUT2D eigenvalue weighted by Crippen LogP contribution is 1.82. The number of aromatic nitrogens is 2. The van der Waals surface area contributed by atoms with Crippen molar-refractivity contribution in [3.63, 3.8) is 0 Å². The van der Waals surface area contributed by atoms with Crippen LogP contribution in [0.25, 0.3) is 0 Å². The van der Waals surface area contributed by atoms with Gasteiger partial charge in [0.1, 0.15) is 0 Å². The molecule has 0 aromatic carbocycles. The highest BCUT2D eigenvalue weighted by Gasteiger charge is 1.99. The summed E-state index contributed by atoms with van der Waals surface area (Å²) in [5, 5.41) is 9.80. The molecule has 0 aliphatic heterocycles. The Kier molecular flexibility index (Phi) is 6.20. The van der Waals surface area contributed by atoms with Crippen molar-refractivity contribution in [2.45, 2.75) is 6.54 Å². The number of nitrogens with one attached hydrogen (secondary N) is 2. The second-order valence-electron chi connectivity index (χ2n) is 3.29. The van der Waals surface area contributed by atoms with E-state index in [1.54, 1.807) is 18.0 Å². The van der Waals surface area contributed by atoms with Crippen molar-refractivity contribution in [3.05, 3.63) is 18.5 Å². The number of hydrogen-bond donors (Lipinski definition) is 2. The summed E-state index contributed by atoms with van der Waals surface area (Å²) in [6.07, 6.45) is 3.58. The van der Waals surface area contributed by atoms with Crippen molar-refractivity contribution < 1.29 is 9.53 Å². The standard InChI is InChI=1S/C10H18N4O2/c1-16-8-5-11-9-10(15)12-4-7-14-6-2-3-13-14/h2-3,6,11H,4-5,7-9H2,1H3,(H,12,15). The van der Waals surface area contributed by atoms with Crippen molar-refractivity contribution in [3.8, 4) is 0 Å². The summed E-state index contributed by atoms with van der Waals surface area (Å²) >= 11 is 0. The number of ether oxygens (including phenoxy) is 1. The van der Waals surface area contributed by atoms with E-state index in [1.807, 2.05) is 12.3 Å². The number of carbonyl (C=O) groups excluding carboxylic acids is 1. The minimum Gasteiger partial charge on any atom is -0.383 e. The predicted molar refractivity (Wildman–Crippen MR) is 60.0 cm³/mol. The number of carbonyl (C=O) groups is 1. The van der Waals surface area contributed by atoms with Crippen molar-refractivity contribution in [1.29, 1.82) is 0 Å². The minimum atomic E-state index is -0.0109. The van der Waals surface area contributed by atoms with Crippen LogP contribution in [0.4, 0.5) is 0 Å². The van der Waals surface area contributed by atoms with Gasteiger partial charge in [-0.2, -0.15) is 5.10 Å². The summed E-state index contributed by atoms with van der Waals surface area (Å²) in [5.41, 5.74) is 0. The van der Waals surface area contributed by atoms with Crippen LogP contribution >= 0.6 is 0 Å². The highest BCUT2D eigenvalue weighted by molar-refractivity contribution is 5.77. The van der Waals surface area contributed by atoms with E-state index in [2.05, 4.69) is 15.7 Å². The van der Waals surface area contributed by atoms with Crippen LogP contribution in [0.2, 0.25) is 0 Å². The smallest absolute Gasteiger partial charge is 0.234 e. The van der Waals surface area contributed by atoms with Crippen LogP contribution in [0.1, 0.15) is 0 Å². The fourth-order valence-corrected chi connectivity index (χ4v) is 1.18. The van der Waals surface area contributed by atoms with Crippen LogP contribution in [-0.2, 0) is 16.1 Å². The molecule has 16 heavy (non-hydrogen) atoms. The molecule has 0 bridgehead atoms. The molecule has 0 fully saturated rings. The first kappa shape index (κ1) is 12.7. The third kappa shape index (κ3) is 5.47. The second kappa shape index (κ2) is 7.84. The van der Waals surface area contributed by atoms with E-state index in [4.69, 9.17) is 4.74 Å². The molecule has 1 heterocycles. The lowest BCUT2D eigenvalue weighted by Gasteiger charge is -2.06. The van der Waals surface area contributed by atoms with Crippen molar-refractivity contribution in [1.82, 2.24) is 20.4 Å². The molecule has 90 valence electrons. The molecule has 6 nitrogen and oxygen atoms in total. The van der Waals surface area contributed by atoms with Crippen molar-refractivity contribution >= 4 is 5.91 Å². The lowest BCUT2D eigenvalue weighted by atomic mass is 10.5. The van der Waals surface area contributed by atoms with Crippen LogP contribution in [0.15, 0.2) is 18.5 Å². The summed E-state index contributed by atoms with van der Waals surface area (Å²) in [5.74, 6) is -0.0109. The van der Waals surface area contributed by atoms with Gasteiger partial charge in [0.25, 0.3) is 0 Å². The second-order valence-corrected chi connectivity index (χ2v) is 3.29. The lowest BCUT2D eigenvalue weighted by Crippen LogP contribution is -2.36. The molecule has 1 rings (SSSR count). The fraction of sp³-hybridized carbons (Fsp3) is 0.600. The molecule has 2 N–H and O–H groups in total. The van der Waals surface area contributed by atoms with Crippen molar-refractivity contribution in [2.24, 2.45) is 0 Å². The molecule has 0 unspecified atom stereocenters. The predicted octanol–water partition coefficient (Wildman–Crippen LogP) is -0.765. The van der Waals surface area contributed by atoms with Crippen LogP contribution in [0.3, 0.4) is 0 Å². The molecule has 0 aliphatic rings. The topological polar surface area (TPSA) is 68.2 Å². The Morgan fingerprint density at radius 3 is 3.06 bits per heavy atom. The first-order chi connectivity index (χ1) is 7.83.